The van der Waals surface area contributed by atoms with Crippen LogP contribution in [0.3, 0.4) is 0 Å². The van der Waals surface area contributed by atoms with Crippen LogP contribution in [0.2, 0.25) is 0 Å². The lowest BCUT2D eigenvalue weighted by Crippen LogP contribution is -2.48. The molecule has 0 saturated carbocycles. The van der Waals surface area contributed by atoms with Crippen molar-refractivity contribution in [2.24, 2.45) is 0 Å². The third kappa shape index (κ3) is 10.3. The SMILES string of the molecule is O=C(Nc1ccc(CN(Cc2ccc(NC(=O)[C@@H]3CCCN3C(=O)[C@@H](c3ccccc3)N3CCCC3)cc2)c2ccc(F)cc2)cc1)[C@@H]1CCCN1C(=O)[C@@H](c1ccccc1)N1CCCC1. The number of carbonyl (C=O) groups excluding carboxylic acids is 4. The zero-order chi connectivity index (χ0) is 45.4. The van der Waals surface area contributed by atoms with E-state index in [9.17, 15) is 23.6 Å². The smallest absolute Gasteiger partial charge is 0.247 e. The zero-order valence-electron chi connectivity index (χ0n) is 37.6. The number of halogens is 1. The van der Waals surface area contributed by atoms with E-state index in [1.54, 1.807) is 21.9 Å². The van der Waals surface area contributed by atoms with Crippen molar-refractivity contribution in [3.8, 4) is 0 Å². The molecule has 4 aliphatic heterocycles. The summed E-state index contributed by atoms with van der Waals surface area (Å²) in [5, 5.41) is 6.18. The summed E-state index contributed by atoms with van der Waals surface area (Å²) >= 11 is 0. The minimum Gasteiger partial charge on any atom is -0.363 e. The number of likely N-dealkylation sites (tertiary alicyclic amines) is 4. The molecule has 4 heterocycles. The van der Waals surface area contributed by atoms with Gasteiger partial charge < -0.3 is 25.3 Å². The molecule has 4 amide bonds. The average molecular weight is 890 g/mol. The number of hydrogen-bond acceptors (Lipinski definition) is 7. The van der Waals surface area contributed by atoms with Gasteiger partial charge in [-0.2, -0.15) is 0 Å². The predicted molar refractivity (Wildman–Crippen MR) is 256 cm³/mol. The first-order valence-corrected chi connectivity index (χ1v) is 23.8. The maximum absolute atomic E-state index is 14.2. The molecule has 11 nitrogen and oxygen atoms in total. The summed E-state index contributed by atoms with van der Waals surface area (Å²) in [5.74, 6) is -0.700. The Morgan fingerprint density at radius 2 is 0.894 bits per heavy atom. The molecular formula is C54H60FN7O4. The van der Waals surface area contributed by atoms with E-state index in [4.69, 9.17) is 0 Å². The number of benzene rings is 5. The first-order chi connectivity index (χ1) is 32.3. The van der Waals surface area contributed by atoms with Gasteiger partial charge in [0, 0.05) is 43.2 Å². The summed E-state index contributed by atoms with van der Waals surface area (Å²) in [5.41, 5.74) is 6.06. The van der Waals surface area contributed by atoms with E-state index in [2.05, 4.69) is 25.3 Å². The Balaban J connectivity index is 0.831. The normalized spacial score (nSPS) is 19.7. The summed E-state index contributed by atoms with van der Waals surface area (Å²) in [6.07, 6.45) is 7.04. The Labute approximate surface area is 387 Å². The number of rotatable bonds is 15. The van der Waals surface area contributed by atoms with Crippen LogP contribution in [0.25, 0.3) is 0 Å². The van der Waals surface area contributed by atoms with Crippen molar-refractivity contribution >= 4 is 40.7 Å². The summed E-state index contributed by atoms with van der Waals surface area (Å²) in [6.45, 7) is 5.60. The molecule has 0 bridgehead atoms. The van der Waals surface area contributed by atoms with Gasteiger partial charge in [0.2, 0.25) is 23.6 Å². The average Bonchev–Trinajstić information content (AvgIpc) is 4.21. The second kappa shape index (κ2) is 20.9. The molecule has 5 aromatic carbocycles. The molecule has 0 unspecified atom stereocenters. The van der Waals surface area contributed by atoms with Gasteiger partial charge in [-0.05, 0) is 148 Å². The molecule has 0 radical (unpaired) electrons. The molecule has 4 fully saturated rings. The quantitative estimate of drug-likeness (QED) is 0.109. The first-order valence-electron chi connectivity index (χ1n) is 23.8. The monoisotopic (exact) mass is 889 g/mol. The van der Waals surface area contributed by atoms with Crippen LogP contribution in [0.15, 0.2) is 133 Å². The molecule has 4 atom stereocenters. The Hall–Kier alpha value is -6.37. The highest BCUT2D eigenvalue weighted by atomic mass is 19.1. The van der Waals surface area contributed by atoms with Crippen molar-refractivity contribution in [3.05, 3.63) is 162 Å². The zero-order valence-corrected chi connectivity index (χ0v) is 37.6. The minimum atomic E-state index is -0.543. The molecule has 2 N–H and O–H groups in total. The van der Waals surface area contributed by atoms with Gasteiger partial charge in [-0.1, -0.05) is 84.9 Å². The van der Waals surface area contributed by atoms with Gasteiger partial charge in [-0.3, -0.25) is 29.0 Å². The van der Waals surface area contributed by atoms with Gasteiger partial charge >= 0.3 is 0 Å². The van der Waals surface area contributed by atoms with Crippen LogP contribution in [0.1, 0.15) is 85.7 Å². The highest BCUT2D eigenvalue weighted by Crippen LogP contribution is 2.33. The summed E-state index contributed by atoms with van der Waals surface area (Å²) < 4.78 is 14.1. The fourth-order valence-corrected chi connectivity index (χ4v) is 10.4. The van der Waals surface area contributed by atoms with Crippen LogP contribution in [-0.2, 0) is 32.3 Å². The van der Waals surface area contributed by atoms with Gasteiger partial charge in [-0.15, -0.1) is 0 Å². The highest BCUT2D eigenvalue weighted by molar-refractivity contribution is 5.99. The number of nitrogens with zero attached hydrogens (tertiary/aromatic N) is 5. The van der Waals surface area contributed by atoms with E-state index in [1.807, 2.05) is 109 Å². The first kappa shape index (κ1) is 44.8. The fourth-order valence-electron chi connectivity index (χ4n) is 10.4. The van der Waals surface area contributed by atoms with Crippen molar-refractivity contribution in [1.29, 1.82) is 0 Å². The van der Waals surface area contributed by atoms with Gasteiger partial charge in [0.05, 0.1) is 0 Å². The fraction of sp³-hybridized carbons (Fsp3) is 0.370. The molecular weight excluding hydrogens is 830 g/mol. The standard InChI is InChI=1S/C54H60FN7O4/c55-43-23-29-46(30-24-43)60(37-39-19-25-44(26-20-39)56-51(63)47-17-11-35-61(47)53(65)49(58-31-7-8-32-58)41-13-3-1-4-14-41)38-40-21-27-45(28-22-40)57-52(64)48-18-12-36-62(48)54(66)50(59-33-9-10-34-59)42-15-5-2-6-16-42/h1-6,13-16,19-30,47-50H,7-12,17-18,31-38H2,(H,56,63)(H,57,64)/t47-,48-,49+,50+/m0/s1. The summed E-state index contributed by atoms with van der Waals surface area (Å²) in [6, 6.07) is 39.9. The molecule has 5 aromatic rings. The Kier molecular flexibility index (Phi) is 14.2. The van der Waals surface area contributed by atoms with Crippen LogP contribution >= 0.6 is 0 Å². The third-order valence-electron chi connectivity index (χ3n) is 13.8. The molecule has 9 rings (SSSR count). The molecule has 66 heavy (non-hydrogen) atoms. The second-order valence-electron chi connectivity index (χ2n) is 18.2. The van der Waals surface area contributed by atoms with Crippen LogP contribution in [0.4, 0.5) is 21.5 Å². The third-order valence-corrected chi connectivity index (χ3v) is 13.8. The van der Waals surface area contributed by atoms with Crippen LogP contribution in [-0.4, -0.2) is 94.6 Å². The van der Waals surface area contributed by atoms with Crippen molar-refractivity contribution in [2.45, 2.75) is 88.6 Å². The van der Waals surface area contributed by atoms with E-state index >= 15 is 0 Å². The van der Waals surface area contributed by atoms with Crippen LogP contribution in [0, 0.1) is 5.82 Å². The van der Waals surface area contributed by atoms with Gasteiger partial charge in [-0.25, -0.2) is 4.39 Å². The van der Waals surface area contributed by atoms with E-state index in [0.717, 1.165) is 92.6 Å². The molecule has 12 heteroatoms. The second-order valence-corrected chi connectivity index (χ2v) is 18.2. The topological polar surface area (TPSA) is 109 Å². The van der Waals surface area contributed by atoms with Crippen molar-refractivity contribution in [3.63, 3.8) is 0 Å². The molecule has 0 aliphatic carbocycles. The predicted octanol–water partition coefficient (Wildman–Crippen LogP) is 8.57. The summed E-state index contributed by atoms with van der Waals surface area (Å²) in [4.78, 5) is 66.2. The lowest BCUT2D eigenvalue weighted by molar-refractivity contribution is -0.141. The maximum Gasteiger partial charge on any atom is 0.247 e. The number of carbonyl (C=O) groups is 4. The Morgan fingerprint density at radius 3 is 1.29 bits per heavy atom. The van der Waals surface area contributed by atoms with Crippen LogP contribution < -0.4 is 15.5 Å². The number of anilines is 3. The molecule has 4 saturated heterocycles. The van der Waals surface area contributed by atoms with E-state index < -0.39 is 24.2 Å². The number of nitrogens with one attached hydrogen (secondary N) is 2. The minimum absolute atomic E-state index is 0.00877. The summed E-state index contributed by atoms with van der Waals surface area (Å²) in [7, 11) is 0. The van der Waals surface area contributed by atoms with E-state index in [-0.39, 0.29) is 29.4 Å². The Morgan fingerprint density at radius 1 is 0.500 bits per heavy atom. The molecule has 0 aromatic heterocycles. The van der Waals surface area contributed by atoms with Crippen molar-refractivity contribution in [1.82, 2.24) is 19.6 Å². The van der Waals surface area contributed by atoms with Crippen molar-refractivity contribution in [2.75, 3.05) is 54.8 Å². The van der Waals surface area contributed by atoms with E-state index in [1.165, 1.54) is 12.1 Å². The number of hydrogen-bond donors (Lipinski definition) is 2. The molecule has 4 aliphatic rings. The molecule has 0 spiro atoms. The van der Waals surface area contributed by atoms with Gasteiger partial charge in [0.1, 0.15) is 30.0 Å². The van der Waals surface area contributed by atoms with Gasteiger partial charge in [0.25, 0.3) is 0 Å². The largest absolute Gasteiger partial charge is 0.363 e. The van der Waals surface area contributed by atoms with E-state index in [0.29, 0.717) is 50.4 Å². The van der Waals surface area contributed by atoms with Crippen molar-refractivity contribution < 1.29 is 23.6 Å². The lowest BCUT2D eigenvalue weighted by Gasteiger charge is -2.33. The number of amides is 4. The lowest BCUT2D eigenvalue weighted by atomic mass is 10.0. The highest BCUT2D eigenvalue weighted by Gasteiger charge is 2.42. The van der Waals surface area contributed by atoms with Crippen LogP contribution in [0.5, 0.6) is 0 Å². The Bertz CT molecular complexity index is 2280. The maximum atomic E-state index is 14.2. The molecule has 342 valence electrons. The van der Waals surface area contributed by atoms with Gasteiger partial charge in [0.15, 0.2) is 0 Å².